The monoisotopic (exact) mass is 306 g/mol. The molecule has 22 heavy (non-hydrogen) atoms. The summed E-state index contributed by atoms with van der Waals surface area (Å²) in [5.41, 5.74) is 0.0673. The van der Waals surface area contributed by atoms with Crippen molar-refractivity contribution < 1.29 is 23.8 Å². The van der Waals surface area contributed by atoms with E-state index in [1.165, 1.54) is 14.0 Å². The van der Waals surface area contributed by atoms with Gasteiger partial charge in [0, 0.05) is 11.1 Å². The van der Waals surface area contributed by atoms with Gasteiger partial charge in [0.2, 0.25) is 0 Å². The van der Waals surface area contributed by atoms with E-state index in [0.29, 0.717) is 11.3 Å². The molecule has 0 aliphatic carbocycles. The number of carbonyl (C=O) groups is 2. The number of rotatable bonds is 5. The number of carbonyl (C=O) groups excluding carboxylic acids is 2. The summed E-state index contributed by atoms with van der Waals surface area (Å²) in [5, 5.41) is 0. The molecule has 1 unspecified atom stereocenters. The Bertz CT molecular complexity index is 569. The molecule has 0 saturated heterocycles. The molecule has 0 fully saturated rings. The second-order valence-corrected chi connectivity index (χ2v) is 5.82. The van der Waals surface area contributed by atoms with Gasteiger partial charge in [-0.1, -0.05) is 18.7 Å². The number of hydrogen-bond donors (Lipinski definition) is 0. The van der Waals surface area contributed by atoms with Crippen molar-refractivity contribution in [2.45, 2.75) is 39.4 Å². The van der Waals surface area contributed by atoms with Gasteiger partial charge < -0.3 is 14.2 Å². The maximum Gasteiger partial charge on any atom is 0.509 e. The molecule has 0 heterocycles. The van der Waals surface area contributed by atoms with E-state index in [2.05, 4.69) is 6.58 Å². The maximum atomic E-state index is 11.9. The average molecular weight is 306 g/mol. The molecule has 1 aromatic carbocycles. The van der Waals surface area contributed by atoms with Gasteiger partial charge in [-0.25, -0.2) is 4.79 Å². The third-order valence-corrected chi connectivity index (χ3v) is 2.77. The normalized spacial score (nSPS) is 12.2. The topological polar surface area (TPSA) is 61.8 Å². The lowest BCUT2D eigenvalue weighted by molar-refractivity contribution is -0.114. The summed E-state index contributed by atoms with van der Waals surface area (Å²) in [6.07, 6.45) is -1.77. The molecule has 5 heteroatoms. The molecule has 0 aliphatic heterocycles. The van der Waals surface area contributed by atoms with E-state index in [0.717, 1.165) is 0 Å². The molecule has 5 nitrogen and oxygen atoms in total. The third kappa shape index (κ3) is 5.24. The quantitative estimate of drug-likeness (QED) is 0.611. The standard InChI is InChI=1S/C17H22O5/c1-11(12(2)18)15(21-16(19)22-17(3,4)5)13-8-7-9-14(10-13)20-6/h7-10,15H,1H2,2-6H3. The van der Waals surface area contributed by atoms with Crippen LogP contribution in [0.25, 0.3) is 0 Å². The minimum absolute atomic E-state index is 0.166. The maximum absolute atomic E-state index is 11.9. The molecular formula is C17H22O5. The van der Waals surface area contributed by atoms with E-state index in [1.54, 1.807) is 45.0 Å². The van der Waals surface area contributed by atoms with Gasteiger partial charge in [-0.3, -0.25) is 4.79 Å². The van der Waals surface area contributed by atoms with Crippen molar-refractivity contribution in [3.05, 3.63) is 42.0 Å². The Morgan fingerprint density at radius 2 is 1.86 bits per heavy atom. The summed E-state index contributed by atoms with van der Waals surface area (Å²) in [5.74, 6) is 0.322. The van der Waals surface area contributed by atoms with Crippen LogP contribution < -0.4 is 4.74 Å². The highest BCUT2D eigenvalue weighted by molar-refractivity contribution is 5.94. The number of methoxy groups -OCH3 is 1. The molecule has 120 valence electrons. The van der Waals surface area contributed by atoms with Crippen LogP contribution in [0.1, 0.15) is 39.4 Å². The molecule has 0 radical (unpaired) electrons. The average Bonchev–Trinajstić information content (AvgIpc) is 2.42. The second-order valence-electron chi connectivity index (χ2n) is 5.82. The highest BCUT2D eigenvalue weighted by Gasteiger charge is 2.26. The Morgan fingerprint density at radius 3 is 2.36 bits per heavy atom. The first-order valence-corrected chi connectivity index (χ1v) is 6.87. The Kier molecular flexibility index (Phi) is 5.74. The smallest absolute Gasteiger partial charge is 0.497 e. The fourth-order valence-corrected chi connectivity index (χ4v) is 1.70. The Balaban J connectivity index is 3.06. The second kappa shape index (κ2) is 7.11. The molecule has 0 amide bonds. The van der Waals surface area contributed by atoms with Crippen LogP contribution in [0.3, 0.4) is 0 Å². The number of Topliss-reactive ketones (excluding diaryl/α,β-unsaturated/α-hetero) is 1. The number of hydrogen-bond acceptors (Lipinski definition) is 5. The molecule has 1 aromatic rings. The molecule has 0 N–H and O–H groups in total. The summed E-state index contributed by atoms with van der Waals surface area (Å²) in [6, 6.07) is 6.91. The van der Waals surface area contributed by atoms with Crippen LogP contribution in [-0.2, 0) is 14.3 Å². The number of ketones is 1. The summed E-state index contributed by atoms with van der Waals surface area (Å²) in [7, 11) is 1.53. The van der Waals surface area contributed by atoms with Gasteiger partial charge in [0.15, 0.2) is 11.9 Å². The van der Waals surface area contributed by atoms with Gasteiger partial charge in [0.1, 0.15) is 11.4 Å². The molecule has 0 aliphatic rings. The zero-order valence-electron chi connectivity index (χ0n) is 13.6. The van der Waals surface area contributed by atoms with Crippen LogP contribution in [0, 0.1) is 0 Å². The zero-order chi connectivity index (χ0) is 16.9. The molecular weight excluding hydrogens is 284 g/mol. The van der Waals surface area contributed by atoms with Gasteiger partial charge in [-0.15, -0.1) is 0 Å². The third-order valence-electron chi connectivity index (χ3n) is 2.77. The van der Waals surface area contributed by atoms with Gasteiger partial charge in [0.25, 0.3) is 0 Å². The van der Waals surface area contributed by atoms with Crippen molar-refractivity contribution >= 4 is 11.9 Å². The minimum atomic E-state index is -0.914. The van der Waals surface area contributed by atoms with E-state index in [-0.39, 0.29) is 11.4 Å². The van der Waals surface area contributed by atoms with Gasteiger partial charge in [0.05, 0.1) is 7.11 Å². The van der Waals surface area contributed by atoms with Crippen molar-refractivity contribution in [1.82, 2.24) is 0 Å². The molecule has 1 rings (SSSR count). The van der Waals surface area contributed by atoms with Crippen LogP contribution in [-0.4, -0.2) is 24.6 Å². The first-order chi connectivity index (χ1) is 10.1. The molecule has 0 aromatic heterocycles. The van der Waals surface area contributed by atoms with Crippen LogP contribution >= 0.6 is 0 Å². The largest absolute Gasteiger partial charge is 0.509 e. The van der Waals surface area contributed by atoms with Crippen molar-refractivity contribution in [3.63, 3.8) is 0 Å². The van der Waals surface area contributed by atoms with Gasteiger partial charge in [-0.05, 0) is 39.8 Å². The highest BCUT2D eigenvalue weighted by atomic mass is 16.7. The van der Waals surface area contributed by atoms with Crippen molar-refractivity contribution in [2.75, 3.05) is 7.11 Å². The Hall–Kier alpha value is -2.30. The predicted octanol–water partition coefficient (Wildman–Crippen LogP) is 3.83. The van der Waals surface area contributed by atoms with Crippen molar-refractivity contribution in [1.29, 1.82) is 0 Å². The SMILES string of the molecule is C=C(C(C)=O)C(OC(=O)OC(C)(C)C)c1cccc(OC)c1. The molecule has 0 spiro atoms. The Labute approximate surface area is 130 Å². The van der Waals surface area contributed by atoms with E-state index in [9.17, 15) is 9.59 Å². The summed E-state index contributed by atoms with van der Waals surface area (Å²) < 4.78 is 15.6. The highest BCUT2D eigenvalue weighted by Crippen LogP contribution is 2.29. The zero-order valence-corrected chi connectivity index (χ0v) is 13.6. The van der Waals surface area contributed by atoms with E-state index >= 15 is 0 Å². The lowest BCUT2D eigenvalue weighted by Crippen LogP contribution is -2.26. The molecule has 1 atom stereocenters. The van der Waals surface area contributed by atoms with E-state index in [4.69, 9.17) is 14.2 Å². The fourth-order valence-electron chi connectivity index (χ4n) is 1.70. The molecule has 0 bridgehead atoms. The minimum Gasteiger partial charge on any atom is -0.497 e. The summed E-state index contributed by atoms with van der Waals surface area (Å²) in [6.45, 7) is 10.3. The van der Waals surface area contributed by atoms with Gasteiger partial charge in [-0.2, -0.15) is 0 Å². The fraction of sp³-hybridized carbons (Fsp3) is 0.412. The van der Waals surface area contributed by atoms with Crippen LogP contribution in [0.5, 0.6) is 5.75 Å². The van der Waals surface area contributed by atoms with E-state index < -0.39 is 17.9 Å². The predicted molar refractivity (Wildman–Crippen MR) is 82.9 cm³/mol. The van der Waals surface area contributed by atoms with E-state index in [1.807, 2.05) is 0 Å². The van der Waals surface area contributed by atoms with Crippen molar-refractivity contribution in [3.8, 4) is 5.75 Å². The van der Waals surface area contributed by atoms with Crippen LogP contribution in [0.2, 0.25) is 0 Å². The first-order valence-electron chi connectivity index (χ1n) is 6.87. The number of benzene rings is 1. The summed E-state index contributed by atoms with van der Waals surface area (Å²) in [4.78, 5) is 23.5. The lowest BCUT2D eigenvalue weighted by atomic mass is 10.00. The summed E-state index contributed by atoms with van der Waals surface area (Å²) >= 11 is 0. The lowest BCUT2D eigenvalue weighted by Gasteiger charge is -2.23. The van der Waals surface area contributed by atoms with Crippen LogP contribution in [0.4, 0.5) is 4.79 Å². The first kappa shape index (κ1) is 17.8. The van der Waals surface area contributed by atoms with Crippen LogP contribution in [0.15, 0.2) is 36.4 Å². The molecule has 0 saturated carbocycles. The van der Waals surface area contributed by atoms with Crippen molar-refractivity contribution in [2.24, 2.45) is 0 Å². The number of ether oxygens (including phenoxy) is 3. The van der Waals surface area contributed by atoms with Gasteiger partial charge >= 0.3 is 6.16 Å². The Morgan fingerprint density at radius 1 is 1.23 bits per heavy atom.